The van der Waals surface area contributed by atoms with Crippen molar-refractivity contribution in [2.24, 2.45) is 0 Å². The monoisotopic (exact) mass is 307 g/mol. The van der Waals surface area contributed by atoms with Crippen molar-refractivity contribution in [3.05, 3.63) is 48.5 Å². The highest BCUT2D eigenvalue weighted by molar-refractivity contribution is 6.20. The molecular weight excluding hydrogens is 295 g/mol. The number of ether oxygens (including phenoxy) is 2. The molecule has 0 aliphatic heterocycles. The zero-order valence-electron chi connectivity index (χ0n) is 12.1. The Morgan fingerprint density at radius 2 is 1.00 bits per heavy atom. The van der Waals surface area contributed by atoms with Crippen LogP contribution in [0.5, 0.6) is 23.0 Å². The highest BCUT2D eigenvalue weighted by Gasteiger charge is 2.03. The van der Waals surface area contributed by atoms with Crippen LogP contribution in [-0.4, -0.2) is 20.9 Å². The van der Waals surface area contributed by atoms with E-state index in [-0.39, 0.29) is 13.2 Å². The van der Waals surface area contributed by atoms with E-state index in [1.165, 1.54) is 7.69 Å². The molecule has 113 valence electrons. The first-order chi connectivity index (χ1) is 11.3. The van der Waals surface area contributed by atoms with Gasteiger partial charge in [0, 0.05) is 0 Å². The molecule has 1 radical (unpaired) electrons. The van der Waals surface area contributed by atoms with Crippen molar-refractivity contribution >= 4 is 7.69 Å². The third-order valence-corrected chi connectivity index (χ3v) is 2.62. The Hall–Kier alpha value is -3.32. The van der Waals surface area contributed by atoms with Gasteiger partial charge < -0.3 is 18.8 Å². The van der Waals surface area contributed by atoms with Crippen molar-refractivity contribution in [3.63, 3.8) is 0 Å². The molecule has 0 amide bonds. The minimum atomic E-state index is 0.00349. The van der Waals surface area contributed by atoms with Crippen LogP contribution in [0.25, 0.3) is 0 Å². The van der Waals surface area contributed by atoms with Crippen molar-refractivity contribution in [2.45, 2.75) is 0 Å². The average Bonchev–Trinajstić information content (AvgIpc) is 2.60. The minimum absolute atomic E-state index is 0.00349. The van der Waals surface area contributed by atoms with Gasteiger partial charge in [-0.2, -0.15) is 10.5 Å². The first-order valence-corrected chi connectivity index (χ1v) is 6.66. The van der Waals surface area contributed by atoms with E-state index in [0.717, 1.165) is 0 Å². The van der Waals surface area contributed by atoms with Gasteiger partial charge in [0.15, 0.2) is 13.2 Å². The molecule has 0 heterocycles. The largest absolute Gasteiger partial charge is 0.658 e. The Balaban J connectivity index is 1.76. The number of nitriles is 2. The molecule has 23 heavy (non-hydrogen) atoms. The summed E-state index contributed by atoms with van der Waals surface area (Å²) in [4.78, 5) is 0. The Labute approximate surface area is 134 Å². The second-order valence-corrected chi connectivity index (χ2v) is 4.17. The summed E-state index contributed by atoms with van der Waals surface area (Å²) >= 11 is 0. The fourth-order valence-corrected chi connectivity index (χ4v) is 1.60. The van der Waals surface area contributed by atoms with Crippen LogP contribution in [0.2, 0.25) is 0 Å². The quantitative estimate of drug-likeness (QED) is 0.697. The Bertz CT molecular complexity index is 629. The lowest BCUT2D eigenvalue weighted by Crippen LogP contribution is -2.10. The summed E-state index contributed by atoms with van der Waals surface area (Å²) in [6.45, 7) is 0.00698. The van der Waals surface area contributed by atoms with Gasteiger partial charge in [0.25, 0.3) is 0 Å². The van der Waals surface area contributed by atoms with Crippen LogP contribution < -0.4 is 18.8 Å². The molecule has 0 unspecified atom stereocenters. The number of hydrogen-bond acceptors (Lipinski definition) is 6. The van der Waals surface area contributed by atoms with Crippen LogP contribution in [0.3, 0.4) is 0 Å². The first-order valence-electron chi connectivity index (χ1n) is 6.66. The van der Waals surface area contributed by atoms with Crippen LogP contribution in [0.15, 0.2) is 48.5 Å². The fraction of sp³-hybridized carbons (Fsp3) is 0.125. The molecule has 0 aliphatic rings. The van der Waals surface area contributed by atoms with Crippen molar-refractivity contribution in [3.8, 4) is 35.1 Å². The second kappa shape index (κ2) is 8.86. The molecule has 2 aromatic rings. The van der Waals surface area contributed by atoms with Gasteiger partial charge in [-0.25, -0.2) is 0 Å². The summed E-state index contributed by atoms with van der Waals surface area (Å²) in [5.41, 5.74) is 0. The molecule has 0 saturated carbocycles. The van der Waals surface area contributed by atoms with Crippen LogP contribution in [-0.2, 0) is 0 Å². The first kappa shape index (κ1) is 16.1. The van der Waals surface area contributed by atoms with Gasteiger partial charge in [-0.05, 0) is 48.5 Å². The van der Waals surface area contributed by atoms with Gasteiger partial charge in [-0.15, -0.1) is 0 Å². The highest BCUT2D eigenvalue weighted by Crippen LogP contribution is 2.19. The molecule has 0 aromatic heterocycles. The Morgan fingerprint density at radius 1 is 0.652 bits per heavy atom. The fourth-order valence-electron chi connectivity index (χ4n) is 1.60. The number of benzene rings is 2. The summed E-state index contributed by atoms with van der Waals surface area (Å²) in [5.74, 6) is 2.33. The van der Waals surface area contributed by atoms with Gasteiger partial charge in [-0.3, -0.25) is 0 Å². The summed E-state index contributed by atoms with van der Waals surface area (Å²) < 4.78 is 20.9. The van der Waals surface area contributed by atoms with Crippen LogP contribution in [0.1, 0.15) is 0 Å². The normalized spacial score (nSPS) is 9.13. The smallest absolute Gasteiger partial charge is 0.526 e. The molecule has 2 rings (SSSR count). The molecule has 0 aliphatic carbocycles. The molecule has 0 bridgehead atoms. The molecule has 0 N–H and O–H groups in total. The van der Waals surface area contributed by atoms with Gasteiger partial charge in [0.05, 0.1) is 0 Å². The molecule has 0 spiro atoms. The number of nitrogens with zero attached hydrogens (tertiary/aromatic N) is 2. The van der Waals surface area contributed by atoms with E-state index in [1.54, 1.807) is 48.5 Å². The lowest BCUT2D eigenvalue weighted by Gasteiger charge is -2.08. The predicted octanol–water partition coefficient (Wildman–Crippen LogP) is 2.48. The van der Waals surface area contributed by atoms with E-state index in [0.29, 0.717) is 23.0 Å². The third-order valence-electron chi connectivity index (χ3n) is 2.62. The zero-order valence-corrected chi connectivity index (χ0v) is 12.1. The Morgan fingerprint density at radius 3 is 1.35 bits per heavy atom. The molecule has 0 fully saturated rings. The Kier molecular flexibility index (Phi) is 6.19. The summed E-state index contributed by atoms with van der Waals surface area (Å²) in [7, 11) is 1.20. The third kappa shape index (κ3) is 5.52. The average molecular weight is 307 g/mol. The molecular formula is C16H12BN2O4. The molecule has 6 nitrogen and oxygen atoms in total. The number of rotatable bonds is 8. The minimum Gasteiger partial charge on any atom is -0.526 e. The SMILES string of the molecule is N#CCOc1ccc(O[B]Oc2ccc(OCC#N)cc2)cc1. The highest BCUT2D eigenvalue weighted by atomic mass is 16.6. The standard InChI is InChI=1S/C16H12BN2O4/c18-9-11-20-13-1-5-15(6-2-13)22-17-23-16-7-3-14(4-8-16)21-12-10-19/h1-8H,11-12H2. The summed E-state index contributed by atoms with van der Waals surface area (Å²) in [6.07, 6.45) is 0. The van der Waals surface area contributed by atoms with E-state index >= 15 is 0 Å². The van der Waals surface area contributed by atoms with Gasteiger partial charge >= 0.3 is 7.69 Å². The molecule has 0 saturated heterocycles. The maximum Gasteiger partial charge on any atom is 0.658 e. The van der Waals surface area contributed by atoms with Crippen LogP contribution in [0.4, 0.5) is 0 Å². The molecule has 0 atom stereocenters. The second-order valence-electron chi connectivity index (χ2n) is 4.17. The maximum atomic E-state index is 8.42. The molecule has 2 aromatic carbocycles. The molecule has 7 heteroatoms. The van der Waals surface area contributed by atoms with E-state index in [4.69, 9.17) is 29.3 Å². The lowest BCUT2D eigenvalue weighted by atomic mass is 10.3. The predicted molar refractivity (Wildman–Crippen MR) is 82.1 cm³/mol. The van der Waals surface area contributed by atoms with Crippen molar-refractivity contribution < 1.29 is 18.8 Å². The van der Waals surface area contributed by atoms with Crippen molar-refractivity contribution in [2.75, 3.05) is 13.2 Å². The van der Waals surface area contributed by atoms with Crippen molar-refractivity contribution in [1.82, 2.24) is 0 Å². The van der Waals surface area contributed by atoms with E-state index in [9.17, 15) is 0 Å². The van der Waals surface area contributed by atoms with E-state index in [1.807, 2.05) is 12.1 Å². The maximum absolute atomic E-state index is 8.42. The lowest BCUT2D eigenvalue weighted by molar-refractivity contribution is 0.367. The van der Waals surface area contributed by atoms with Gasteiger partial charge in [0.2, 0.25) is 0 Å². The number of hydrogen-bond donors (Lipinski definition) is 0. The summed E-state index contributed by atoms with van der Waals surface area (Å²) in [5, 5.41) is 16.8. The van der Waals surface area contributed by atoms with E-state index < -0.39 is 0 Å². The van der Waals surface area contributed by atoms with Crippen molar-refractivity contribution in [1.29, 1.82) is 10.5 Å². The van der Waals surface area contributed by atoms with Crippen LogP contribution >= 0.6 is 0 Å². The summed E-state index contributed by atoms with van der Waals surface area (Å²) in [6, 6.07) is 17.4. The van der Waals surface area contributed by atoms with Gasteiger partial charge in [-0.1, -0.05) is 0 Å². The van der Waals surface area contributed by atoms with Gasteiger partial charge in [0.1, 0.15) is 35.1 Å². The van der Waals surface area contributed by atoms with E-state index in [2.05, 4.69) is 0 Å². The van der Waals surface area contributed by atoms with Crippen LogP contribution in [0, 0.1) is 22.7 Å². The topological polar surface area (TPSA) is 84.5 Å². The zero-order chi connectivity index (χ0) is 16.3.